The van der Waals surface area contributed by atoms with Crippen molar-refractivity contribution >= 4 is 24.5 Å². The van der Waals surface area contributed by atoms with E-state index in [0.717, 1.165) is 6.42 Å². The molecule has 0 fully saturated rings. The van der Waals surface area contributed by atoms with Crippen molar-refractivity contribution in [2.24, 2.45) is 11.8 Å². The number of nitrogens with one attached hydrogen (secondary N) is 1. The highest BCUT2D eigenvalue weighted by Gasteiger charge is 2.25. The Morgan fingerprint density at radius 3 is 2.36 bits per heavy atom. The number of aryl methyl sites for hydroxylation is 1. The van der Waals surface area contributed by atoms with Gasteiger partial charge in [-0.25, -0.2) is 4.79 Å². The second-order valence-corrected chi connectivity index (χ2v) is 6.30. The number of carbonyl (C=O) groups excluding carboxylic acids is 1. The fraction of sp³-hybridized carbons (Fsp3) is 0.529. The van der Waals surface area contributed by atoms with Gasteiger partial charge < -0.3 is 10.4 Å². The van der Waals surface area contributed by atoms with Crippen LogP contribution in [0.25, 0.3) is 0 Å². The number of hydrogen-bond donors (Lipinski definition) is 3. The van der Waals surface area contributed by atoms with Crippen molar-refractivity contribution in [2.75, 3.05) is 5.75 Å². The van der Waals surface area contributed by atoms with Crippen LogP contribution >= 0.6 is 12.6 Å². The summed E-state index contributed by atoms with van der Waals surface area (Å²) in [6.07, 6.45) is 1.87. The van der Waals surface area contributed by atoms with Gasteiger partial charge in [-0.05, 0) is 30.7 Å². The molecule has 1 aromatic carbocycles. The van der Waals surface area contributed by atoms with Crippen LogP contribution in [0, 0.1) is 11.8 Å². The van der Waals surface area contributed by atoms with Crippen LogP contribution in [0.5, 0.6) is 0 Å². The number of hydrogen-bond acceptors (Lipinski definition) is 3. The maximum Gasteiger partial charge on any atom is 0.326 e. The van der Waals surface area contributed by atoms with Crippen LogP contribution in [0.4, 0.5) is 0 Å². The molecule has 0 aliphatic rings. The van der Waals surface area contributed by atoms with Crippen molar-refractivity contribution < 1.29 is 14.7 Å². The second kappa shape index (κ2) is 9.51. The van der Waals surface area contributed by atoms with E-state index in [9.17, 15) is 14.7 Å². The van der Waals surface area contributed by atoms with Crippen LogP contribution < -0.4 is 5.32 Å². The standard InChI is InChI=1S/C17H25NO3S/c1-12(2)10-15(17(20)21)18-16(19)14(11-22)9-8-13-6-4-3-5-7-13/h3-7,12,14-15,22H,8-11H2,1-2H3,(H,18,19)(H,20,21)/t14?,15-/m1/s1. The molecule has 0 heterocycles. The monoisotopic (exact) mass is 323 g/mol. The molecule has 0 aliphatic carbocycles. The second-order valence-electron chi connectivity index (χ2n) is 5.93. The fourth-order valence-corrected chi connectivity index (χ4v) is 2.62. The molecule has 0 spiro atoms. The Morgan fingerprint density at radius 1 is 1.23 bits per heavy atom. The third kappa shape index (κ3) is 6.52. The Kier molecular flexibility index (Phi) is 8.02. The van der Waals surface area contributed by atoms with Crippen molar-refractivity contribution in [1.29, 1.82) is 0 Å². The Hall–Kier alpha value is -1.49. The van der Waals surface area contributed by atoms with E-state index in [1.54, 1.807) is 0 Å². The minimum atomic E-state index is -0.983. The maximum absolute atomic E-state index is 12.3. The number of aliphatic carboxylic acids is 1. The first-order valence-corrected chi connectivity index (χ1v) is 8.25. The average Bonchev–Trinajstić information content (AvgIpc) is 2.47. The molecule has 0 radical (unpaired) electrons. The lowest BCUT2D eigenvalue weighted by Crippen LogP contribution is -2.44. The largest absolute Gasteiger partial charge is 0.480 e. The Bertz CT molecular complexity index is 476. The maximum atomic E-state index is 12.3. The highest BCUT2D eigenvalue weighted by molar-refractivity contribution is 7.80. The molecule has 0 saturated heterocycles. The van der Waals surface area contributed by atoms with Gasteiger partial charge in [0.05, 0.1) is 0 Å². The van der Waals surface area contributed by atoms with Crippen LogP contribution in [0.3, 0.4) is 0 Å². The molecule has 0 aliphatic heterocycles. The molecule has 22 heavy (non-hydrogen) atoms. The van der Waals surface area contributed by atoms with E-state index in [2.05, 4.69) is 17.9 Å². The van der Waals surface area contributed by atoms with Gasteiger partial charge in [-0.15, -0.1) is 0 Å². The predicted octanol–water partition coefficient (Wildman–Crippen LogP) is 2.78. The van der Waals surface area contributed by atoms with Crippen molar-refractivity contribution in [1.82, 2.24) is 5.32 Å². The van der Waals surface area contributed by atoms with E-state index < -0.39 is 12.0 Å². The summed E-state index contributed by atoms with van der Waals surface area (Å²) in [5.41, 5.74) is 1.17. The molecular formula is C17H25NO3S. The van der Waals surface area contributed by atoms with Crippen LogP contribution in [0.1, 0.15) is 32.3 Å². The van der Waals surface area contributed by atoms with Gasteiger partial charge in [0, 0.05) is 11.7 Å². The molecule has 1 amide bonds. The highest BCUT2D eigenvalue weighted by atomic mass is 32.1. The van der Waals surface area contributed by atoms with Crippen LogP contribution in [0.15, 0.2) is 30.3 Å². The Labute approximate surface area is 137 Å². The van der Waals surface area contributed by atoms with Crippen molar-refractivity contribution in [3.05, 3.63) is 35.9 Å². The summed E-state index contributed by atoms with van der Waals surface area (Å²) >= 11 is 4.24. The summed E-state index contributed by atoms with van der Waals surface area (Å²) in [6.45, 7) is 3.88. The first kappa shape index (κ1) is 18.6. The molecule has 2 atom stereocenters. The van der Waals surface area contributed by atoms with Gasteiger partial charge in [0.25, 0.3) is 0 Å². The minimum Gasteiger partial charge on any atom is -0.480 e. The van der Waals surface area contributed by atoms with E-state index in [1.807, 2.05) is 44.2 Å². The summed E-state index contributed by atoms with van der Waals surface area (Å²) in [7, 11) is 0. The molecule has 2 N–H and O–H groups in total. The lowest BCUT2D eigenvalue weighted by atomic mass is 9.98. The van der Waals surface area contributed by atoms with E-state index >= 15 is 0 Å². The third-order valence-electron chi connectivity index (χ3n) is 3.54. The zero-order chi connectivity index (χ0) is 16.5. The number of carboxylic acid groups (broad SMARTS) is 1. The molecule has 1 aromatic rings. The Morgan fingerprint density at radius 2 is 1.86 bits per heavy atom. The van der Waals surface area contributed by atoms with E-state index in [0.29, 0.717) is 18.6 Å². The number of thiol groups is 1. The number of amides is 1. The van der Waals surface area contributed by atoms with Crippen molar-refractivity contribution in [3.63, 3.8) is 0 Å². The van der Waals surface area contributed by atoms with Crippen molar-refractivity contribution in [2.45, 2.75) is 39.2 Å². The molecule has 0 saturated carbocycles. The Balaban J connectivity index is 2.57. The summed E-state index contributed by atoms with van der Waals surface area (Å²) in [6, 6.07) is 9.10. The zero-order valence-electron chi connectivity index (χ0n) is 13.2. The highest BCUT2D eigenvalue weighted by Crippen LogP contribution is 2.13. The van der Waals surface area contributed by atoms with Gasteiger partial charge in [0.15, 0.2) is 0 Å². The van der Waals surface area contributed by atoms with E-state index in [4.69, 9.17) is 0 Å². The van der Waals surface area contributed by atoms with Crippen LogP contribution in [-0.2, 0) is 16.0 Å². The summed E-state index contributed by atoms with van der Waals surface area (Å²) in [4.78, 5) is 23.5. The normalized spacial score (nSPS) is 13.6. The molecule has 1 rings (SSSR count). The first-order chi connectivity index (χ1) is 10.4. The first-order valence-electron chi connectivity index (χ1n) is 7.62. The van der Waals surface area contributed by atoms with Gasteiger partial charge in [-0.3, -0.25) is 4.79 Å². The molecule has 5 heteroatoms. The lowest BCUT2D eigenvalue weighted by molar-refractivity contribution is -0.142. The predicted molar refractivity (Wildman–Crippen MR) is 91.1 cm³/mol. The molecule has 1 unspecified atom stereocenters. The van der Waals surface area contributed by atoms with Crippen molar-refractivity contribution in [3.8, 4) is 0 Å². The zero-order valence-corrected chi connectivity index (χ0v) is 14.1. The minimum absolute atomic E-state index is 0.208. The third-order valence-corrected chi connectivity index (χ3v) is 3.98. The molecular weight excluding hydrogens is 298 g/mol. The number of carboxylic acids is 1. The summed E-state index contributed by atoms with van der Waals surface area (Å²) in [5.74, 6) is -0.869. The molecule has 0 aromatic heterocycles. The molecule has 0 bridgehead atoms. The van der Waals surface area contributed by atoms with Crippen LogP contribution in [-0.4, -0.2) is 28.8 Å². The quantitative estimate of drug-likeness (QED) is 0.612. The summed E-state index contributed by atoms with van der Waals surface area (Å²) in [5, 5.41) is 11.8. The molecule has 122 valence electrons. The SMILES string of the molecule is CC(C)C[C@@H](NC(=O)C(CS)CCc1ccccc1)C(=O)O. The number of carbonyl (C=O) groups is 2. The van der Waals surface area contributed by atoms with Gasteiger partial charge in [0.1, 0.15) is 6.04 Å². The fourth-order valence-electron chi connectivity index (χ4n) is 2.27. The van der Waals surface area contributed by atoms with Gasteiger partial charge in [0.2, 0.25) is 5.91 Å². The van der Waals surface area contributed by atoms with E-state index in [-0.39, 0.29) is 17.7 Å². The molecule has 4 nitrogen and oxygen atoms in total. The lowest BCUT2D eigenvalue weighted by Gasteiger charge is -2.20. The smallest absolute Gasteiger partial charge is 0.326 e. The number of rotatable bonds is 9. The number of benzene rings is 1. The van der Waals surface area contributed by atoms with Gasteiger partial charge in [-0.2, -0.15) is 12.6 Å². The topological polar surface area (TPSA) is 66.4 Å². The van der Waals surface area contributed by atoms with Gasteiger partial charge >= 0.3 is 5.97 Å². The van der Waals surface area contributed by atoms with Gasteiger partial charge in [-0.1, -0.05) is 44.2 Å². The van der Waals surface area contributed by atoms with E-state index in [1.165, 1.54) is 5.56 Å². The summed E-state index contributed by atoms with van der Waals surface area (Å²) < 4.78 is 0. The van der Waals surface area contributed by atoms with Crippen LogP contribution in [0.2, 0.25) is 0 Å². The average molecular weight is 323 g/mol.